The third-order valence-corrected chi connectivity index (χ3v) is 5.52. The standard InChI is InChI=1S/C21H17Cl2N3O4S/c1-26(10-18(27)24-16-8-3-2-7-15(16)23)19(28)11-30-21(29)17-12-31-20(25-17)13-5-4-6-14(22)9-13/h2-9,12H,10-11H2,1H3,(H,24,27). The van der Waals surface area contributed by atoms with Crippen LogP contribution in [0.1, 0.15) is 10.5 Å². The number of anilines is 1. The second-order valence-electron chi connectivity index (χ2n) is 6.40. The Balaban J connectivity index is 1.50. The van der Waals surface area contributed by atoms with Crippen LogP contribution in [-0.4, -0.2) is 47.9 Å². The molecular weight excluding hydrogens is 461 g/mol. The quantitative estimate of drug-likeness (QED) is 0.510. The second kappa shape index (κ2) is 10.4. The Labute approximate surface area is 192 Å². The highest BCUT2D eigenvalue weighted by molar-refractivity contribution is 7.13. The number of carbonyl (C=O) groups excluding carboxylic acids is 3. The number of nitrogens with one attached hydrogen (secondary N) is 1. The van der Waals surface area contributed by atoms with E-state index in [9.17, 15) is 14.4 Å². The molecule has 0 unspecified atom stereocenters. The van der Waals surface area contributed by atoms with Gasteiger partial charge >= 0.3 is 5.97 Å². The molecule has 2 amide bonds. The van der Waals surface area contributed by atoms with Crippen molar-refractivity contribution in [1.82, 2.24) is 9.88 Å². The molecule has 0 saturated heterocycles. The minimum absolute atomic E-state index is 0.0897. The average Bonchev–Trinajstić information content (AvgIpc) is 3.24. The molecule has 0 spiro atoms. The Morgan fingerprint density at radius 3 is 2.65 bits per heavy atom. The van der Waals surface area contributed by atoms with E-state index in [1.54, 1.807) is 47.8 Å². The van der Waals surface area contributed by atoms with Gasteiger partial charge in [0.25, 0.3) is 5.91 Å². The number of hydrogen-bond acceptors (Lipinski definition) is 6. The molecule has 2 aromatic carbocycles. The maximum absolute atomic E-state index is 12.2. The van der Waals surface area contributed by atoms with Gasteiger partial charge in [-0.05, 0) is 24.3 Å². The van der Waals surface area contributed by atoms with Crippen molar-refractivity contribution in [3.05, 3.63) is 69.7 Å². The molecule has 3 aromatic rings. The first-order valence-electron chi connectivity index (χ1n) is 9.00. The SMILES string of the molecule is CN(CC(=O)Nc1ccccc1Cl)C(=O)COC(=O)c1csc(-c2cccc(Cl)c2)n1. The molecule has 0 saturated carbocycles. The van der Waals surface area contributed by atoms with Crippen molar-refractivity contribution in [3.8, 4) is 10.6 Å². The molecule has 160 valence electrons. The number of para-hydroxylation sites is 1. The van der Waals surface area contributed by atoms with Gasteiger partial charge in [0, 0.05) is 23.0 Å². The fourth-order valence-electron chi connectivity index (χ4n) is 2.49. The van der Waals surface area contributed by atoms with Crippen LogP contribution >= 0.6 is 34.5 Å². The number of benzene rings is 2. The molecule has 0 atom stereocenters. The van der Waals surface area contributed by atoms with Gasteiger partial charge in [0.1, 0.15) is 5.01 Å². The first-order valence-corrected chi connectivity index (χ1v) is 10.6. The fraction of sp³-hybridized carbons (Fsp3) is 0.143. The summed E-state index contributed by atoms with van der Waals surface area (Å²) in [5.41, 5.74) is 1.31. The summed E-state index contributed by atoms with van der Waals surface area (Å²) in [5.74, 6) is -1.69. The number of likely N-dealkylation sites (N-methyl/N-ethyl adjacent to an activating group) is 1. The zero-order valence-corrected chi connectivity index (χ0v) is 18.6. The zero-order valence-electron chi connectivity index (χ0n) is 16.3. The van der Waals surface area contributed by atoms with E-state index in [-0.39, 0.29) is 12.2 Å². The third-order valence-electron chi connectivity index (χ3n) is 4.07. The van der Waals surface area contributed by atoms with Gasteiger partial charge in [-0.3, -0.25) is 9.59 Å². The first-order chi connectivity index (χ1) is 14.8. The number of esters is 1. The molecule has 1 aromatic heterocycles. The number of carbonyl (C=O) groups is 3. The Kier molecular flexibility index (Phi) is 7.62. The average molecular weight is 478 g/mol. The molecule has 10 heteroatoms. The molecule has 1 N–H and O–H groups in total. The van der Waals surface area contributed by atoms with Gasteiger partial charge in [-0.1, -0.05) is 47.5 Å². The van der Waals surface area contributed by atoms with Crippen molar-refractivity contribution in [2.45, 2.75) is 0 Å². The number of ether oxygens (including phenoxy) is 1. The lowest BCUT2D eigenvalue weighted by molar-refractivity contribution is -0.136. The molecule has 0 aliphatic heterocycles. The van der Waals surface area contributed by atoms with Crippen molar-refractivity contribution in [2.24, 2.45) is 0 Å². The van der Waals surface area contributed by atoms with E-state index in [2.05, 4.69) is 10.3 Å². The molecule has 1 heterocycles. The Morgan fingerprint density at radius 1 is 1.13 bits per heavy atom. The van der Waals surface area contributed by atoms with Gasteiger partial charge in [0.2, 0.25) is 5.91 Å². The predicted octanol–water partition coefficient (Wildman–Crippen LogP) is 4.37. The molecule has 0 aliphatic rings. The van der Waals surface area contributed by atoms with Crippen molar-refractivity contribution in [2.75, 3.05) is 25.5 Å². The van der Waals surface area contributed by atoms with Crippen LogP contribution in [0.3, 0.4) is 0 Å². The Hall–Kier alpha value is -2.94. The van der Waals surface area contributed by atoms with Crippen LogP contribution in [0.5, 0.6) is 0 Å². The van der Waals surface area contributed by atoms with Crippen LogP contribution in [-0.2, 0) is 14.3 Å². The van der Waals surface area contributed by atoms with E-state index in [0.29, 0.717) is 20.7 Å². The lowest BCUT2D eigenvalue weighted by Gasteiger charge is -2.17. The van der Waals surface area contributed by atoms with Crippen LogP contribution in [0, 0.1) is 0 Å². The summed E-state index contributed by atoms with van der Waals surface area (Å²) in [4.78, 5) is 41.9. The highest BCUT2D eigenvalue weighted by Gasteiger charge is 2.18. The highest BCUT2D eigenvalue weighted by atomic mass is 35.5. The number of hydrogen-bond donors (Lipinski definition) is 1. The summed E-state index contributed by atoms with van der Waals surface area (Å²) in [6.45, 7) is -0.740. The molecule has 0 radical (unpaired) electrons. The number of rotatable bonds is 7. The summed E-state index contributed by atoms with van der Waals surface area (Å²) >= 11 is 13.2. The molecule has 0 aliphatic carbocycles. The molecule has 7 nitrogen and oxygen atoms in total. The summed E-state index contributed by atoms with van der Waals surface area (Å²) in [6, 6.07) is 13.8. The van der Waals surface area contributed by atoms with Crippen LogP contribution in [0.25, 0.3) is 10.6 Å². The summed E-state index contributed by atoms with van der Waals surface area (Å²) in [6.07, 6.45) is 0. The summed E-state index contributed by atoms with van der Waals surface area (Å²) in [5, 5.41) is 5.72. The van der Waals surface area contributed by atoms with E-state index in [1.165, 1.54) is 18.4 Å². The van der Waals surface area contributed by atoms with Crippen LogP contribution in [0.2, 0.25) is 10.0 Å². The van der Waals surface area contributed by atoms with E-state index in [0.717, 1.165) is 10.5 Å². The summed E-state index contributed by atoms with van der Waals surface area (Å²) in [7, 11) is 1.43. The van der Waals surface area contributed by atoms with Crippen LogP contribution < -0.4 is 5.32 Å². The number of thiazole rings is 1. The minimum Gasteiger partial charge on any atom is -0.451 e. The minimum atomic E-state index is -0.730. The molecule has 0 bridgehead atoms. The first kappa shape index (κ1) is 22.7. The van der Waals surface area contributed by atoms with Crippen molar-refractivity contribution in [3.63, 3.8) is 0 Å². The molecule has 31 heavy (non-hydrogen) atoms. The van der Waals surface area contributed by atoms with E-state index >= 15 is 0 Å². The lowest BCUT2D eigenvalue weighted by atomic mass is 10.2. The summed E-state index contributed by atoms with van der Waals surface area (Å²) < 4.78 is 5.04. The van der Waals surface area contributed by atoms with Crippen LogP contribution in [0.15, 0.2) is 53.9 Å². The zero-order chi connectivity index (χ0) is 22.4. The van der Waals surface area contributed by atoms with Gasteiger partial charge in [-0.25, -0.2) is 9.78 Å². The second-order valence-corrected chi connectivity index (χ2v) is 8.10. The van der Waals surface area contributed by atoms with Gasteiger partial charge in [-0.2, -0.15) is 0 Å². The predicted molar refractivity (Wildman–Crippen MR) is 121 cm³/mol. The smallest absolute Gasteiger partial charge is 0.358 e. The molecular formula is C21H17Cl2N3O4S. The Bertz CT molecular complexity index is 1120. The fourth-order valence-corrected chi connectivity index (χ4v) is 3.65. The van der Waals surface area contributed by atoms with Gasteiger partial charge < -0.3 is 15.0 Å². The number of aromatic nitrogens is 1. The maximum Gasteiger partial charge on any atom is 0.358 e. The van der Waals surface area contributed by atoms with Crippen molar-refractivity contribution >= 4 is 58.0 Å². The van der Waals surface area contributed by atoms with Crippen molar-refractivity contribution < 1.29 is 19.1 Å². The molecule has 0 fully saturated rings. The highest BCUT2D eigenvalue weighted by Crippen LogP contribution is 2.26. The van der Waals surface area contributed by atoms with E-state index in [1.807, 2.05) is 6.07 Å². The van der Waals surface area contributed by atoms with Gasteiger partial charge in [0.05, 0.1) is 17.3 Å². The number of halogens is 2. The Morgan fingerprint density at radius 2 is 1.90 bits per heavy atom. The van der Waals surface area contributed by atoms with Gasteiger partial charge in [0.15, 0.2) is 12.3 Å². The monoisotopic (exact) mass is 477 g/mol. The van der Waals surface area contributed by atoms with Crippen molar-refractivity contribution in [1.29, 1.82) is 0 Å². The topological polar surface area (TPSA) is 88.6 Å². The number of amides is 2. The lowest BCUT2D eigenvalue weighted by Crippen LogP contribution is -2.37. The van der Waals surface area contributed by atoms with Gasteiger partial charge in [-0.15, -0.1) is 11.3 Å². The normalized spacial score (nSPS) is 10.4. The van der Waals surface area contributed by atoms with E-state index in [4.69, 9.17) is 27.9 Å². The largest absolute Gasteiger partial charge is 0.451 e. The van der Waals surface area contributed by atoms with Crippen LogP contribution in [0.4, 0.5) is 5.69 Å². The number of nitrogens with zero attached hydrogens (tertiary/aromatic N) is 2. The molecule has 3 rings (SSSR count). The third kappa shape index (κ3) is 6.27. The maximum atomic E-state index is 12.2. The van der Waals surface area contributed by atoms with E-state index < -0.39 is 24.4 Å².